The molecule has 1 aliphatic rings. The van der Waals surface area contributed by atoms with E-state index in [0.29, 0.717) is 12.0 Å². The molecule has 0 unspecified atom stereocenters. The van der Waals surface area contributed by atoms with Gasteiger partial charge in [-0.3, -0.25) is 15.6 Å². The highest BCUT2D eigenvalue weighted by Gasteiger charge is 2.19. The molecule has 1 saturated carbocycles. The lowest BCUT2D eigenvalue weighted by Crippen LogP contribution is -2.28. The van der Waals surface area contributed by atoms with Crippen LogP contribution in [0.5, 0.6) is 0 Å². The van der Waals surface area contributed by atoms with Gasteiger partial charge >= 0.3 is 0 Å². The van der Waals surface area contributed by atoms with Crippen LogP contribution >= 0.6 is 0 Å². The second-order valence-electron chi connectivity index (χ2n) is 6.51. The number of hydrogen-bond donors (Lipinski definition) is 2. The normalized spacial score (nSPS) is 15.4. The predicted molar refractivity (Wildman–Crippen MR) is 98.9 cm³/mol. The molecule has 132 valence electrons. The Morgan fingerprint density at radius 1 is 1.20 bits per heavy atom. The van der Waals surface area contributed by atoms with Crippen molar-refractivity contribution in [2.75, 3.05) is 5.43 Å². The van der Waals surface area contributed by atoms with Gasteiger partial charge in [0.25, 0.3) is 5.91 Å². The van der Waals surface area contributed by atoms with Crippen LogP contribution in [0.3, 0.4) is 0 Å². The second kappa shape index (κ2) is 7.96. The summed E-state index contributed by atoms with van der Waals surface area (Å²) in [5.74, 6) is 0.120. The zero-order valence-corrected chi connectivity index (χ0v) is 14.8. The topological polar surface area (TPSA) is 71.8 Å². The van der Waals surface area contributed by atoms with Gasteiger partial charge in [-0.05, 0) is 50.5 Å². The lowest BCUT2D eigenvalue weighted by molar-refractivity contribution is -0.116. The fourth-order valence-electron chi connectivity index (χ4n) is 3.56. The highest BCUT2D eigenvalue weighted by molar-refractivity contribution is 5.92. The quantitative estimate of drug-likeness (QED) is 0.645. The molecule has 6 nitrogen and oxygen atoms in total. The van der Waals surface area contributed by atoms with Crippen LogP contribution in [0.15, 0.2) is 30.6 Å². The Morgan fingerprint density at radius 3 is 2.64 bits per heavy atom. The van der Waals surface area contributed by atoms with Gasteiger partial charge in [-0.25, -0.2) is 9.97 Å². The van der Waals surface area contributed by atoms with E-state index in [-0.39, 0.29) is 5.91 Å². The van der Waals surface area contributed by atoms with Gasteiger partial charge in [-0.2, -0.15) is 0 Å². The van der Waals surface area contributed by atoms with Gasteiger partial charge < -0.3 is 4.57 Å². The fraction of sp³-hybridized carbons (Fsp3) is 0.421. The maximum absolute atomic E-state index is 12.0. The Bertz CT molecular complexity index is 745. The number of hydrazine groups is 1. The summed E-state index contributed by atoms with van der Waals surface area (Å²) in [6.45, 7) is 4.28. The van der Waals surface area contributed by atoms with Gasteiger partial charge in [-0.1, -0.05) is 19.3 Å². The standard InChI is InChI=1S/C19H25N5O/c1-14-13-16(15(2)24(14)17-7-4-3-5-8-17)9-10-18(25)22-23-19-20-11-6-12-21-19/h6,9-13,17H,3-5,7-8H2,1-2H3,(H,22,25)(H,20,21,23). The summed E-state index contributed by atoms with van der Waals surface area (Å²) in [5, 5.41) is 0. The molecule has 2 N–H and O–H groups in total. The van der Waals surface area contributed by atoms with E-state index in [9.17, 15) is 4.79 Å². The molecule has 0 spiro atoms. The van der Waals surface area contributed by atoms with Crippen molar-refractivity contribution in [2.24, 2.45) is 0 Å². The van der Waals surface area contributed by atoms with Crippen LogP contribution < -0.4 is 10.9 Å². The van der Waals surface area contributed by atoms with Crippen molar-refractivity contribution < 1.29 is 4.79 Å². The van der Waals surface area contributed by atoms with Crippen LogP contribution in [-0.4, -0.2) is 20.4 Å². The summed E-state index contributed by atoms with van der Waals surface area (Å²) in [4.78, 5) is 19.9. The van der Waals surface area contributed by atoms with Crippen LogP contribution in [0.2, 0.25) is 0 Å². The van der Waals surface area contributed by atoms with Crippen molar-refractivity contribution >= 4 is 17.9 Å². The van der Waals surface area contributed by atoms with Gasteiger partial charge in [0.1, 0.15) is 0 Å². The summed E-state index contributed by atoms with van der Waals surface area (Å²) in [6.07, 6.45) is 13.1. The maximum Gasteiger partial charge on any atom is 0.262 e. The molecule has 2 aromatic heterocycles. The number of aromatic nitrogens is 3. The van der Waals surface area contributed by atoms with Crippen molar-refractivity contribution in [3.8, 4) is 0 Å². The van der Waals surface area contributed by atoms with E-state index in [4.69, 9.17) is 0 Å². The molecule has 0 radical (unpaired) electrons. The SMILES string of the molecule is Cc1cc(C=CC(=O)NNc2ncccn2)c(C)n1C1CCCCC1. The highest BCUT2D eigenvalue weighted by Crippen LogP contribution is 2.32. The number of rotatable bonds is 5. The van der Waals surface area contributed by atoms with Crippen LogP contribution in [0.25, 0.3) is 6.08 Å². The van der Waals surface area contributed by atoms with E-state index >= 15 is 0 Å². The first-order valence-electron chi connectivity index (χ1n) is 8.84. The van der Waals surface area contributed by atoms with Crippen molar-refractivity contribution in [2.45, 2.75) is 52.0 Å². The zero-order chi connectivity index (χ0) is 17.6. The van der Waals surface area contributed by atoms with Crippen LogP contribution in [0, 0.1) is 13.8 Å². The summed E-state index contributed by atoms with van der Waals surface area (Å²) >= 11 is 0. The molecule has 0 saturated heterocycles. The molecule has 1 aliphatic carbocycles. The Labute approximate surface area is 148 Å². The van der Waals surface area contributed by atoms with Gasteiger partial charge in [0.05, 0.1) is 0 Å². The number of carbonyl (C=O) groups excluding carboxylic acids is 1. The molecular formula is C19H25N5O. The summed E-state index contributed by atoms with van der Waals surface area (Å²) < 4.78 is 2.44. The number of anilines is 1. The Morgan fingerprint density at radius 2 is 1.92 bits per heavy atom. The lowest BCUT2D eigenvalue weighted by Gasteiger charge is -2.26. The van der Waals surface area contributed by atoms with E-state index in [1.165, 1.54) is 49.6 Å². The van der Waals surface area contributed by atoms with E-state index in [1.54, 1.807) is 18.5 Å². The van der Waals surface area contributed by atoms with Crippen molar-refractivity contribution in [1.29, 1.82) is 0 Å². The molecule has 0 aliphatic heterocycles. The van der Waals surface area contributed by atoms with E-state index in [1.807, 2.05) is 6.08 Å². The lowest BCUT2D eigenvalue weighted by atomic mass is 9.95. The van der Waals surface area contributed by atoms with Gasteiger partial charge in [0.15, 0.2) is 0 Å². The number of nitrogens with one attached hydrogen (secondary N) is 2. The molecule has 0 aromatic carbocycles. The molecule has 0 bridgehead atoms. The summed E-state index contributed by atoms with van der Waals surface area (Å²) in [6, 6.07) is 4.47. The van der Waals surface area contributed by atoms with E-state index in [2.05, 4.69) is 45.3 Å². The first-order valence-corrected chi connectivity index (χ1v) is 8.84. The minimum Gasteiger partial charge on any atom is -0.346 e. The van der Waals surface area contributed by atoms with Crippen LogP contribution in [0.4, 0.5) is 5.95 Å². The average Bonchev–Trinajstić information content (AvgIpc) is 2.93. The van der Waals surface area contributed by atoms with E-state index < -0.39 is 0 Å². The average molecular weight is 339 g/mol. The number of aryl methyl sites for hydroxylation is 1. The van der Waals surface area contributed by atoms with Gasteiger partial charge in [-0.15, -0.1) is 0 Å². The van der Waals surface area contributed by atoms with Crippen molar-refractivity contribution in [3.05, 3.63) is 47.6 Å². The van der Waals surface area contributed by atoms with Crippen molar-refractivity contribution in [1.82, 2.24) is 20.0 Å². The van der Waals surface area contributed by atoms with Gasteiger partial charge in [0.2, 0.25) is 5.95 Å². The predicted octanol–water partition coefficient (Wildman–Crippen LogP) is 3.56. The Hall–Kier alpha value is -2.63. The first kappa shape index (κ1) is 17.2. The fourth-order valence-corrected chi connectivity index (χ4v) is 3.56. The monoisotopic (exact) mass is 339 g/mol. The maximum atomic E-state index is 12.0. The van der Waals surface area contributed by atoms with Gasteiger partial charge in [0, 0.05) is 35.9 Å². The molecule has 1 amide bonds. The molecular weight excluding hydrogens is 314 g/mol. The zero-order valence-electron chi connectivity index (χ0n) is 14.8. The number of amides is 1. The second-order valence-corrected chi connectivity index (χ2v) is 6.51. The molecule has 2 heterocycles. The largest absolute Gasteiger partial charge is 0.346 e. The molecule has 2 aromatic rings. The molecule has 0 atom stereocenters. The molecule has 6 heteroatoms. The minimum absolute atomic E-state index is 0.241. The molecule has 1 fully saturated rings. The number of carbonyl (C=O) groups is 1. The van der Waals surface area contributed by atoms with Crippen LogP contribution in [-0.2, 0) is 4.79 Å². The third kappa shape index (κ3) is 4.26. The summed E-state index contributed by atoms with van der Waals surface area (Å²) in [7, 11) is 0. The van der Waals surface area contributed by atoms with E-state index in [0.717, 1.165) is 5.56 Å². The van der Waals surface area contributed by atoms with Crippen molar-refractivity contribution in [3.63, 3.8) is 0 Å². The number of nitrogens with zero attached hydrogens (tertiary/aromatic N) is 3. The molecule has 3 rings (SSSR count). The first-order chi connectivity index (χ1) is 12.1. The molecule has 25 heavy (non-hydrogen) atoms. The third-order valence-electron chi connectivity index (χ3n) is 4.74. The third-order valence-corrected chi connectivity index (χ3v) is 4.74. The highest BCUT2D eigenvalue weighted by atomic mass is 16.2. The Balaban J connectivity index is 1.64. The minimum atomic E-state index is -0.241. The number of hydrogen-bond acceptors (Lipinski definition) is 4. The smallest absolute Gasteiger partial charge is 0.262 e. The van der Waals surface area contributed by atoms with Crippen LogP contribution in [0.1, 0.15) is 55.1 Å². The summed E-state index contributed by atoms with van der Waals surface area (Å²) in [5.41, 5.74) is 8.84. The Kier molecular flexibility index (Phi) is 5.48.